The minimum atomic E-state index is 0.574. The van der Waals surface area contributed by atoms with Crippen LogP contribution in [0.3, 0.4) is 0 Å². The van der Waals surface area contributed by atoms with Crippen LogP contribution in [0.5, 0.6) is 0 Å². The van der Waals surface area contributed by atoms with E-state index in [-0.39, 0.29) is 0 Å². The third kappa shape index (κ3) is 31.7. The Morgan fingerprint density at radius 3 is 1.03 bits per heavy atom. The Kier molecular flexibility index (Phi) is 31.5. The Hall–Kier alpha value is -0.280. The van der Waals surface area contributed by atoms with Crippen molar-refractivity contribution in [3.8, 4) is 0 Å². The molecule has 0 aromatic rings. The lowest BCUT2D eigenvalue weighted by molar-refractivity contribution is -0.0166. The predicted octanol–water partition coefficient (Wildman–Crippen LogP) is 4.62. The van der Waals surface area contributed by atoms with Gasteiger partial charge in [-0.3, -0.25) is 0 Å². The van der Waals surface area contributed by atoms with E-state index in [1.165, 1.54) is 64.2 Å². The molecule has 7 heteroatoms. The number of ether oxygens (including phenoxy) is 6. The van der Waals surface area contributed by atoms with Gasteiger partial charge in [0.25, 0.3) is 0 Å². The lowest BCUT2D eigenvalue weighted by atomic mass is 10.1. The molecule has 0 aromatic carbocycles. The van der Waals surface area contributed by atoms with Gasteiger partial charge in [0.2, 0.25) is 0 Å². The molecule has 0 aromatic heterocycles. The molecule has 200 valence electrons. The molecule has 1 N–H and O–H groups in total. The SMILES string of the molecule is CCCCCCCCCCCCCOCCOCCOCCOCCOCCOCCNC. The summed E-state index contributed by atoms with van der Waals surface area (Å²) in [5.41, 5.74) is 0. The van der Waals surface area contributed by atoms with Gasteiger partial charge in [-0.2, -0.15) is 0 Å². The van der Waals surface area contributed by atoms with E-state index in [0.29, 0.717) is 72.7 Å². The monoisotopic (exact) mass is 477 g/mol. The van der Waals surface area contributed by atoms with Crippen molar-refractivity contribution in [3.05, 3.63) is 0 Å². The number of hydrogen-bond acceptors (Lipinski definition) is 7. The number of unbranched alkanes of at least 4 members (excludes halogenated alkanes) is 10. The van der Waals surface area contributed by atoms with Crippen LogP contribution >= 0.6 is 0 Å². The molecule has 0 amide bonds. The first-order chi connectivity index (χ1) is 16.4. The summed E-state index contributed by atoms with van der Waals surface area (Å²) in [5.74, 6) is 0. The molecule has 0 aliphatic carbocycles. The van der Waals surface area contributed by atoms with Gasteiger partial charge in [0.1, 0.15) is 0 Å². The van der Waals surface area contributed by atoms with Gasteiger partial charge < -0.3 is 33.7 Å². The predicted molar refractivity (Wildman–Crippen MR) is 135 cm³/mol. The Morgan fingerprint density at radius 2 is 0.667 bits per heavy atom. The molecule has 0 bridgehead atoms. The molecular formula is C26H55NO6. The van der Waals surface area contributed by atoms with E-state index in [9.17, 15) is 0 Å². The number of nitrogens with one attached hydrogen (secondary N) is 1. The first-order valence-electron chi connectivity index (χ1n) is 13.5. The summed E-state index contributed by atoms with van der Waals surface area (Å²) < 4.78 is 32.9. The average molecular weight is 478 g/mol. The maximum absolute atomic E-state index is 5.63. The molecule has 0 rings (SSSR count). The normalized spacial score (nSPS) is 11.5. The zero-order chi connectivity index (χ0) is 23.9. The molecule has 0 aliphatic heterocycles. The van der Waals surface area contributed by atoms with Crippen molar-refractivity contribution in [1.82, 2.24) is 5.32 Å². The second kappa shape index (κ2) is 31.7. The molecule has 0 fully saturated rings. The third-order valence-electron chi connectivity index (χ3n) is 5.25. The van der Waals surface area contributed by atoms with Crippen molar-refractivity contribution >= 4 is 0 Å². The lowest BCUT2D eigenvalue weighted by Gasteiger charge is -2.08. The van der Waals surface area contributed by atoms with Gasteiger partial charge in [0, 0.05) is 13.2 Å². The molecule has 0 radical (unpaired) electrons. The van der Waals surface area contributed by atoms with Crippen LogP contribution in [-0.4, -0.2) is 92.9 Å². The lowest BCUT2D eigenvalue weighted by Crippen LogP contribution is -2.17. The average Bonchev–Trinajstić information content (AvgIpc) is 2.83. The van der Waals surface area contributed by atoms with Crippen molar-refractivity contribution in [3.63, 3.8) is 0 Å². The van der Waals surface area contributed by atoms with Crippen LogP contribution in [0, 0.1) is 0 Å². The summed E-state index contributed by atoms with van der Waals surface area (Å²) in [6, 6.07) is 0. The van der Waals surface area contributed by atoms with E-state index in [0.717, 1.165) is 19.6 Å². The second-order valence-corrected chi connectivity index (χ2v) is 8.31. The summed E-state index contributed by atoms with van der Waals surface area (Å²) >= 11 is 0. The summed E-state index contributed by atoms with van der Waals surface area (Å²) in [6.45, 7) is 10.7. The van der Waals surface area contributed by atoms with E-state index in [4.69, 9.17) is 28.4 Å². The van der Waals surface area contributed by atoms with Gasteiger partial charge in [-0.15, -0.1) is 0 Å². The van der Waals surface area contributed by atoms with Gasteiger partial charge in [-0.1, -0.05) is 71.1 Å². The van der Waals surface area contributed by atoms with E-state index in [1.54, 1.807) is 0 Å². The fourth-order valence-corrected chi connectivity index (χ4v) is 3.24. The molecule has 0 saturated carbocycles. The highest BCUT2D eigenvalue weighted by Crippen LogP contribution is 2.11. The van der Waals surface area contributed by atoms with Gasteiger partial charge in [-0.25, -0.2) is 0 Å². The minimum Gasteiger partial charge on any atom is -0.379 e. The number of likely N-dealkylation sites (N-methyl/N-ethyl adjacent to an activating group) is 1. The molecule has 0 atom stereocenters. The molecular weight excluding hydrogens is 422 g/mol. The van der Waals surface area contributed by atoms with Crippen molar-refractivity contribution in [2.75, 3.05) is 92.9 Å². The summed E-state index contributed by atoms with van der Waals surface area (Å²) in [4.78, 5) is 0. The van der Waals surface area contributed by atoms with Crippen LogP contribution in [0.15, 0.2) is 0 Å². The van der Waals surface area contributed by atoms with Crippen molar-refractivity contribution in [2.24, 2.45) is 0 Å². The summed E-state index contributed by atoms with van der Waals surface area (Å²) in [7, 11) is 1.91. The zero-order valence-corrected chi connectivity index (χ0v) is 21.9. The van der Waals surface area contributed by atoms with Gasteiger partial charge in [0.15, 0.2) is 0 Å². The van der Waals surface area contributed by atoms with E-state index < -0.39 is 0 Å². The maximum Gasteiger partial charge on any atom is 0.0701 e. The second-order valence-electron chi connectivity index (χ2n) is 8.31. The van der Waals surface area contributed by atoms with Crippen LogP contribution < -0.4 is 5.32 Å². The number of rotatable bonds is 30. The third-order valence-corrected chi connectivity index (χ3v) is 5.25. The van der Waals surface area contributed by atoms with Crippen molar-refractivity contribution < 1.29 is 28.4 Å². The number of hydrogen-bond donors (Lipinski definition) is 1. The quantitative estimate of drug-likeness (QED) is 0.151. The summed E-state index contributed by atoms with van der Waals surface area (Å²) in [6.07, 6.45) is 15.0. The molecule has 0 spiro atoms. The highest BCUT2D eigenvalue weighted by atomic mass is 16.6. The Balaban J connectivity index is 2.99. The highest BCUT2D eigenvalue weighted by molar-refractivity contribution is 4.48. The fraction of sp³-hybridized carbons (Fsp3) is 1.00. The topological polar surface area (TPSA) is 67.4 Å². The van der Waals surface area contributed by atoms with Gasteiger partial charge in [0.05, 0.1) is 72.7 Å². The molecule has 7 nitrogen and oxygen atoms in total. The Labute approximate surface area is 204 Å². The first kappa shape index (κ1) is 32.7. The summed E-state index contributed by atoms with van der Waals surface area (Å²) in [5, 5.41) is 3.03. The molecule has 0 saturated heterocycles. The Bertz CT molecular complexity index is 306. The van der Waals surface area contributed by atoms with E-state index >= 15 is 0 Å². The Morgan fingerprint density at radius 1 is 0.364 bits per heavy atom. The van der Waals surface area contributed by atoms with Crippen LogP contribution in [0.25, 0.3) is 0 Å². The minimum absolute atomic E-state index is 0.574. The highest BCUT2D eigenvalue weighted by Gasteiger charge is 1.96. The van der Waals surface area contributed by atoms with Crippen LogP contribution in [-0.2, 0) is 28.4 Å². The maximum atomic E-state index is 5.63. The van der Waals surface area contributed by atoms with Crippen LogP contribution in [0.2, 0.25) is 0 Å². The van der Waals surface area contributed by atoms with E-state index in [1.807, 2.05) is 7.05 Å². The molecule has 0 unspecified atom stereocenters. The van der Waals surface area contributed by atoms with Crippen LogP contribution in [0.4, 0.5) is 0 Å². The standard InChI is InChI=1S/C26H55NO6/c1-3-4-5-6-7-8-9-10-11-12-13-15-28-17-19-30-21-23-32-25-26-33-24-22-31-20-18-29-16-14-27-2/h27H,3-26H2,1-2H3. The van der Waals surface area contributed by atoms with Gasteiger partial charge in [-0.05, 0) is 13.5 Å². The van der Waals surface area contributed by atoms with E-state index in [2.05, 4.69) is 12.2 Å². The molecule has 0 heterocycles. The zero-order valence-electron chi connectivity index (χ0n) is 21.9. The van der Waals surface area contributed by atoms with Crippen molar-refractivity contribution in [2.45, 2.75) is 77.6 Å². The molecule has 0 aliphatic rings. The van der Waals surface area contributed by atoms with Gasteiger partial charge >= 0.3 is 0 Å². The largest absolute Gasteiger partial charge is 0.379 e. The first-order valence-corrected chi connectivity index (χ1v) is 13.5. The van der Waals surface area contributed by atoms with Crippen molar-refractivity contribution in [1.29, 1.82) is 0 Å². The smallest absolute Gasteiger partial charge is 0.0701 e. The molecule has 33 heavy (non-hydrogen) atoms. The van der Waals surface area contributed by atoms with Crippen LogP contribution in [0.1, 0.15) is 77.6 Å². The fourth-order valence-electron chi connectivity index (χ4n) is 3.24.